The molecule has 0 atom stereocenters. The van der Waals surface area contributed by atoms with Gasteiger partial charge in [0.05, 0.1) is 29.7 Å². The maximum Gasteiger partial charge on any atom is 0.292 e. The largest absolute Gasteiger partial charge is 0.503 e. The number of phenolic OH excluding ortho intramolecular Hbond substituents is 1. The molecular formula is C18H14BrClN4O3. The first-order valence-corrected chi connectivity index (χ1v) is 8.87. The molecule has 0 amide bonds. The van der Waals surface area contributed by atoms with Gasteiger partial charge in [-0.3, -0.25) is 10.2 Å². The normalized spacial score (nSPS) is 10.9. The van der Waals surface area contributed by atoms with Gasteiger partial charge in [-0.05, 0) is 40.2 Å². The van der Waals surface area contributed by atoms with E-state index in [9.17, 15) is 9.90 Å². The third-order valence-electron chi connectivity index (χ3n) is 3.64. The van der Waals surface area contributed by atoms with Crippen LogP contribution in [0.3, 0.4) is 0 Å². The minimum atomic E-state index is -0.466. The lowest BCUT2D eigenvalue weighted by Gasteiger charge is -2.08. The molecule has 0 spiro atoms. The van der Waals surface area contributed by atoms with E-state index in [0.29, 0.717) is 21.5 Å². The van der Waals surface area contributed by atoms with E-state index in [1.807, 2.05) is 6.07 Å². The van der Waals surface area contributed by atoms with Crippen LogP contribution in [0.4, 0.5) is 5.69 Å². The molecular weight excluding hydrogens is 436 g/mol. The van der Waals surface area contributed by atoms with Crippen molar-refractivity contribution in [2.24, 2.45) is 5.10 Å². The molecule has 3 rings (SSSR count). The Balaban J connectivity index is 1.83. The van der Waals surface area contributed by atoms with E-state index >= 15 is 0 Å². The highest BCUT2D eigenvalue weighted by Crippen LogP contribution is 2.35. The number of para-hydroxylation sites is 1. The zero-order chi connectivity index (χ0) is 19.4. The predicted octanol–water partition coefficient (Wildman–Crippen LogP) is 3.81. The Morgan fingerprint density at radius 1 is 1.30 bits per heavy atom. The average Bonchev–Trinajstić information content (AvgIpc) is 2.69. The smallest absolute Gasteiger partial charge is 0.292 e. The Morgan fingerprint density at radius 2 is 2.04 bits per heavy atom. The van der Waals surface area contributed by atoms with Crippen molar-refractivity contribution in [1.29, 1.82) is 0 Å². The number of benzene rings is 2. The lowest BCUT2D eigenvalue weighted by molar-refractivity contribution is 0.372. The van der Waals surface area contributed by atoms with Crippen LogP contribution in [0.15, 0.2) is 63.0 Å². The first-order chi connectivity index (χ1) is 13.0. The molecule has 0 saturated carbocycles. The van der Waals surface area contributed by atoms with Gasteiger partial charge in [0, 0.05) is 5.56 Å². The number of nitrogens with one attached hydrogen (secondary N) is 1. The number of phenols is 1. The molecule has 0 bridgehead atoms. The number of halogens is 2. The topological polar surface area (TPSA) is 88.7 Å². The quantitative estimate of drug-likeness (QED) is 0.457. The molecule has 3 aromatic rings. The maximum atomic E-state index is 12.4. The number of anilines is 1. The molecule has 0 saturated heterocycles. The van der Waals surface area contributed by atoms with Crippen molar-refractivity contribution in [3.05, 3.63) is 74.1 Å². The predicted molar refractivity (Wildman–Crippen MR) is 108 cm³/mol. The van der Waals surface area contributed by atoms with Crippen molar-refractivity contribution >= 4 is 39.4 Å². The second-order valence-electron chi connectivity index (χ2n) is 5.31. The molecule has 0 fully saturated rings. The van der Waals surface area contributed by atoms with Crippen LogP contribution in [0.5, 0.6) is 11.5 Å². The summed E-state index contributed by atoms with van der Waals surface area (Å²) in [6, 6.07) is 12.3. The minimum absolute atomic E-state index is 0.0355. The number of hydrogen-bond donors (Lipinski definition) is 2. The molecule has 9 heteroatoms. The number of aromatic hydroxyl groups is 1. The van der Waals surface area contributed by atoms with Crippen LogP contribution in [0.25, 0.3) is 5.69 Å². The van der Waals surface area contributed by atoms with Gasteiger partial charge < -0.3 is 9.84 Å². The van der Waals surface area contributed by atoms with Crippen LogP contribution >= 0.6 is 27.5 Å². The minimum Gasteiger partial charge on any atom is -0.503 e. The van der Waals surface area contributed by atoms with Crippen molar-refractivity contribution in [2.45, 2.75) is 0 Å². The van der Waals surface area contributed by atoms with Crippen LogP contribution < -0.4 is 15.7 Å². The highest BCUT2D eigenvalue weighted by atomic mass is 79.9. The third-order valence-corrected chi connectivity index (χ3v) is 4.84. The summed E-state index contributed by atoms with van der Waals surface area (Å²) in [6.07, 6.45) is 2.87. The lowest BCUT2D eigenvalue weighted by Crippen LogP contribution is -2.22. The summed E-state index contributed by atoms with van der Waals surface area (Å²) < 4.78 is 6.66. The monoisotopic (exact) mass is 448 g/mol. The van der Waals surface area contributed by atoms with E-state index in [4.69, 9.17) is 16.3 Å². The number of hydrazone groups is 1. The second kappa shape index (κ2) is 8.24. The Morgan fingerprint density at radius 3 is 2.74 bits per heavy atom. The first-order valence-electron chi connectivity index (χ1n) is 7.70. The molecule has 0 radical (unpaired) electrons. The maximum absolute atomic E-state index is 12.4. The van der Waals surface area contributed by atoms with Crippen LogP contribution in [0.1, 0.15) is 5.56 Å². The van der Waals surface area contributed by atoms with E-state index in [1.165, 1.54) is 24.2 Å². The third kappa shape index (κ3) is 3.96. The van der Waals surface area contributed by atoms with Crippen LogP contribution in [-0.2, 0) is 0 Å². The van der Waals surface area contributed by atoms with E-state index in [2.05, 4.69) is 31.6 Å². The molecule has 138 valence electrons. The number of rotatable bonds is 5. The number of methoxy groups -OCH3 is 1. The SMILES string of the molecule is COc1ccc(/C=N\Nc2cnn(-c3ccccc3)c(=O)c2Cl)c(Br)c1O. The second-order valence-corrected chi connectivity index (χ2v) is 6.49. The van der Waals surface area contributed by atoms with Crippen LogP contribution in [-0.4, -0.2) is 28.2 Å². The summed E-state index contributed by atoms with van der Waals surface area (Å²) in [4.78, 5) is 12.4. The van der Waals surface area contributed by atoms with Crippen molar-refractivity contribution in [2.75, 3.05) is 12.5 Å². The molecule has 2 aromatic carbocycles. The number of ether oxygens (including phenoxy) is 1. The molecule has 7 nitrogen and oxygen atoms in total. The van der Waals surface area contributed by atoms with Crippen LogP contribution in [0, 0.1) is 0 Å². The molecule has 1 aromatic heterocycles. The highest BCUT2D eigenvalue weighted by Gasteiger charge is 2.11. The Labute approximate surface area is 168 Å². The summed E-state index contributed by atoms with van der Waals surface area (Å²) in [5, 5.41) is 18.1. The fraction of sp³-hybridized carbons (Fsp3) is 0.0556. The van der Waals surface area contributed by atoms with Crippen molar-refractivity contribution < 1.29 is 9.84 Å². The molecule has 27 heavy (non-hydrogen) atoms. The van der Waals surface area contributed by atoms with Crippen molar-refractivity contribution in [3.8, 4) is 17.2 Å². The average molecular weight is 450 g/mol. The van der Waals surface area contributed by atoms with Crippen LogP contribution in [0.2, 0.25) is 5.02 Å². The van der Waals surface area contributed by atoms with Gasteiger partial charge in [-0.25, -0.2) is 0 Å². The van der Waals surface area contributed by atoms with E-state index in [-0.39, 0.29) is 16.5 Å². The number of nitrogens with zero attached hydrogens (tertiary/aromatic N) is 3. The standard InChI is InChI=1S/C18H14BrClN4O3/c1-27-14-8-7-11(15(19)17(14)25)9-21-23-13-10-22-24(18(26)16(13)20)12-5-3-2-4-6-12/h2-10,23,25H,1H3/b21-9-. The van der Waals surface area contributed by atoms with Gasteiger partial charge in [0.15, 0.2) is 11.5 Å². The van der Waals surface area contributed by atoms with Gasteiger partial charge in [-0.1, -0.05) is 29.8 Å². The Hall–Kier alpha value is -2.84. The summed E-state index contributed by atoms with van der Waals surface area (Å²) >= 11 is 9.43. The fourth-order valence-electron chi connectivity index (χ4n) is 2.26. The number of aromatic nitrogens is 2. The summed E-state index contributed by atoms with van der Waals surface area (Å²) in [7, 11) is 1.46. The molecule has 0 aliphatic rings. The van der Waals surface area contributed by atoms with E-state index < -0.39 is 5.56 Å². The molecule has 2 N–H and O–H groups in total. The summed E-state index contributed by atoms with van der Waals surface area (Å²) in [5.74, 6) is 0.301. The summed E-state index contributed by atoms with van der Waals surface area (Å²) in [5.41, 5.74) is 3.69. The summed E-state index contributed by atoms with van der Waals surface area (Å²) in [6.45, 7) is 0. The molecule has 0 aliphatic carbocycles. The van der Waals surface area contributed by atoms with Gasteiger partial charge in [-0.2, -0.15) is 14.9 Å². The van der Waals surface area contributed by atoms with E-state index in [1.54, 1.807) is 36.4 Å². The van der Waals surface area contributed by atoms with Gasteiger partial charge in [0.25, 0.3) is 5.56 Å². The van der Waals surface area contributed by atoms with Gasteiger partial charge in [0.1, 0.15) is 10.7 Å². The van der Waals surface area contributed by atoms with Gasteiger partial charge in [-0.15, -0.1) is 0 Å². The van der Waals surface area contributed by atoms with Crippen molar-refractivity contribution in [3.63, 3.8) is 0 Å². The molecule has 0 unspecified atom stereocenters. The fourth-order valence-corrected chi connectivity index (χ4v) is 2.86. The van der Waals surface area contributed by atoms with Gasteiger partial charge >= 0.3 is 0 Å². The molecule has 0 aliphatic heterocycles. The Kier molecular flexibility index (Phi) is 5.78. The number of hydrogen-bond acceptors (Lipinski definition) is 6. The zero-order valence-corrected chi connectivity index (χ0v) is 16.4. The Bertz CT molecular complexity index is 1050. The molecule has 1 heterocycles. The van der Waals surface area contributed by atoms with Crippen molar-refractivity contribution in [1.82, 2.24) is 9.78 Å². The zero-order valence-electron chi connectivity index (χ0n) is 14.1. The van der Waals surface area contributed by atoms with Gasteiger partial charge in [0.2, 0.25) is 0 Å². The highest BCUT2D eigenvalue weighted by molar-refractivity contribution is 9.10. The lowest BCUT2D eigenvalue weighted by atomic mass is 10.2. The first kappa shape index (κ1) is 18.9. The van der Waals surface area contributed by atoms with E-state index in [0.717, 1.165) is 0 Å².